The Morgan fingerprint density at radius 1 is 1.36 bits per heavy atom. The van der Waals surface area contributed by atoms with Gasteiger partial charge in [-0.25, -0.2) is 4.79 Å². The van der Waals surface area contributed by atoms with E-state index in [1.165, 1.54) is 5.56 Å². The van der Waals surface area contributed by atoms with E-state index in [0.29, 0.717) is 12.5 Å². The van der Waals surface area contributed by atoms with E-state index in [4.69, 9.17) is 5.11 Å². The van der Waals surface area contributed by atoms with Gasteiger partial charge in [-0.2, -0.15) is 0 Å². The van der Waals surface area contributed by atoms with Crippen molar-refractivity contribution in [2.75, 3.05) is 0 Å². The number of carboxylic acid groups (broad SMARTS) is 1. The molecule has 0 aromatic heterocycles. The van der Waals surface area contributed by atoms with E-state index in [1.54, 1.807) is 0 Å². The highest BCUT2D eigenvalue weighted by atomic mass is 16.4. The van der Waals surface area contributed by atoms with Gasteiger partial charge in [0, 0.05) is 6.54 Å². The number of carbonyl (C=O) groups is 1. The van der Waals surface area contributed by atoms with Crippen molar-refractivity contribution >= 4 is 6.09 Å². The minimum Gasteiger partial charge on any atom is -0.465 e. The first-order valence-electron chi connectivity index (χ1n) is 4.65. The predicted octanol–water partition coefficient (Wildman–Crippen LogP) is 2.58. The number of rotatable bonds is 3. The predicted molar refractivity (Wildman–Crippen MR) is 55.4 cm³/mol. The van der Waals surface area contributed by atoms with E-state index >= 15 is 0 Å². The first kappa shape index (κ1) is 10.6. The second-order valence-electron chi connectivity index (χ2n) is 3.55. The molecule has 1 aromatic carbocycles. The van der Waals surface area contributed by atoms with Crippen LogP contribution in [0.2, 0.25) is 0 Å². The van der Waals surface area contributed by atoms with E-state index in [0.717, 1.165) is 5.56 Å². The van der Waals surface area contributed by atoms with Gasteiger partial charge in [0.1, 0.15) is 0 Å². The van der Waals surface area contributed by atoms with Crippen molar-refractivity contribution in [3.05, 3.63) is 35.4 Å². The van der Waals surface area contributed by atoms with Crippen LogP contribution in [0.1, 0.15) is 30.9 Å². The third kappa shape index (κ3) is 3.09. The lowest BCUT2D eigenvalue weighted by atomic mass is 10.0. The Morgan fingerprint density at radius 2 is 1.93 bits per heavy atom. The van der Waals surface area contributed by atoms with Gasteiger partial charge in [-0.3, -0.25) is 0 Å². The molecule has 0 atom stereocenters. The van der Waals surface area contributed by atoms with Gasteiger partial charge >= 0.3 is 6.09 Å². The van der Waals surface area contributed by atoms with Crippen molar-refractivity contribution in [2.45, 2.75) is 26.3 Å². The average molecular weight is 193 g/mol. The normalized spacial score (nSPS) is 10.2. The molecular formula is C11H15NO2. The molecule has 0 radical (unpaired) electrons. The van der Waals surface area contributed by atoms with E-state index in [2.05, 4.69) is 19.2 Å². The van der Waals surface area contributed by atoms with Crippen LogP contribution in [0.25, 0.3) is 0 Å². The van der Waals surface area contributed by atoms with Crippen LogP contribution in [0.3, 0.4) is 0 Å². The van der Waals surface area contributed by atoms with Gasteiger partial charge < -0.3 is 10.4 Å². The van der Waals surface area contributed by atoms with Crippen molar-refractivity contribution in [1.82, 2.24) is 5.32 Å². The Kier molecular flexibility index (Phi) is 3.51. The molecule has 1 rings (SSSR count). The molecule has 3 nitrogen and oxygen atoms in total. The third-order valence-electron chi connectivity index (χ3n) is 2.09. The van der Waals surface area contributed by atoms with Crippen LogP contribution in [0.5, 0.6) is 0 Å². The largest absolute Gasteiger partial charge is 0.465 e. The monoisotopic (exact) mass is 193 g/mol. The second kappa shape index (κ2) is 4.65. The summed E-state index contributed by atoms with van der Waals surface area (Å²) in [4.78, 5) is 10.2. The highest BCUT2D eigenvalue weighted by Gasteiger charge is 1.99. The molecule has 0 bridgehead atoms. The van der Waals surface area contributed by atoms with Crippen LogP contribution >= 0.6 is 0 Å². The van der Waals surface area contributed by atoms with Gasteiger partial charge in [-0.15, -0.1) is 0 Å². The molecule has 0 aliphatic heterocycles. The number of amides is 1. The maximum atomic E-state index is 10.2. The average Bonchev–Trinajstić information content (AvgIpc) is 2.15. The summed E-state index contributed by atoms with van der Waals surface area (Å²) < 4.78 is 0. The Labute approximate surface area is 83.8 Å². The summed E-state index contributed by atoms with van der Waals surface area (Å²) in [6, 6.07) is 7.96. The summed E-state index contributed by atoms with van der Waals surface area (Å²) in [5, 5.41) is 10.7. The molecule has 1 aromatic rings. The number of hydrogen-bond donors (Lipinski definition) is 2. The molecule has 76 valence electrons. The molecule has 0 aliphatic rings. The molecule has 3 heteroatoms. The van der Waals surface area contributed by atoms with Gasteiger partial charge in [0.25, 0.3) is 0 Å². The summed E-state index contributed by atoms with van der Waals surface area (Å²) in [7, 11) is 0. The maximum absolute atomic E-state index is 10.2. The van der Waals surface area contributed by atoms with E-state index < -0.39 is 6.09 Å². The van der Waals surface area contributed by atoms with Gasteiger partial charge in [0.2, 0.25) is 0 Å². The fraction of sp³-hybridized carbons (Fsp3) is 0.364. The van der Waals surface area contributed by atoms with Crippen molar-refractivity contribution in [2.24, 2.45) is 0 Å². The van der Waals surface area contributed by atoms with Crippen LogP contribution in [0.15, 0.2) is 24.3 Å². The minimum absolute atomic E-state index is 0.369. The molecule has 0 fully saturated rings. The molecule has 0 saturated heterocycles. The quantitative estimate of drug-likeness (QED) is 0.775. The van der Waals surface area contributed by atoms with Gasteiger partial charge in [-0.1, -0.05) is 38.1 Å². The van der Waals surface area contributed by atoms with Crippen LogP contribution in [-0.2, 0) is 6.54 Å². The summed E-state index contributed by atoms with van der Waals surface area (Å²) >= 11 is 0. The smallest absolute Gasteiger partial charge is 0.404 e. The second-order valence-corrected chi connectivity index (χ2v) is 3.55. The highest BCUT2D eigenvalue weighted by molar-refractivity contribution is 5.64. The Hall–Kier alpha value is -1.51. The van der Waals surface area contributed by atoms with E-state index in [1.807, 2.05) is 24.3 Å². The van der Waals surface area contributed by atoms with Gasteiger partial charge in [-0.05, 0) is 17.0 Å². The summed E-state index contributed by atoms with van der Waals surface area (Å²) in [5.74, 6) is 0.511. The van der Waals surface area contributed by atoms with E-state index in [9.17, 15) is 4.79 Å². The minimum atomic E-state index is -0.988. The van der Waals surface area contributed by atoms with Crippen LogP contribution in [-0.4, -0.2) is 11.2 Å². The number of nitrogens with one attached hydrogen (secondary N) is 1. The topological polar surface area (TPSA) is 49.3 Å². The number of benzene rings is 1. The molecular weight excluding hydrogens is 178 g/mol. The molecule has 0 heterocycles. The number of hydrogen-bond acceptors (Lipinski definition) is 1. The van der Waals surface area contributed by atoms with E-state index in [-0.39, 0.29) is 0 Å². The van der Waals surface area contributed by atoms with Crippen LogP contribution in [0.4, 0.5) is 4.79 Å². The molecule has 0 spiro atoms. The molecule has 1 amide bonds. The summed E-state index contributed by atoms with van der Waals surface area (Å²) in [6.07, 6.45) is -0.988. The first-order chi connectivity index (χ1) is 6.59. The molecule has 0 saturated carbocycles. The van der Waals surface area contributed by atoms with Crippen molar-refractivity contribution in [1.29, 1.82) is 0 Å². The Morgan fingerprint density at radius 3 is 2.36 bits per heavy atom. The molecule has 0 aliphatic carbocycles. The fourth-order valence-corrected chi connectivity index (χ4v) is 1.20. The summed E-state index contributed by atoms with van der Waals surface area (Å²) in [5.41, 5.74) is 2.25. The van der Waals surface area contributed by atoms with Gasteiger partial charge in [0.05, 0.1) is 0 Å². The summed E-state index contributed by atoms with van der Waals surface area (Å²) in [6.45, 7) is 4.63. The maximum Gasteiger partial charge on any atom is 0.404 e. The highest BCUT2D eigenvalue weighted by Crippen LogP contribution is 2.14. The fourth-order valence-electron chi connectivity index (χ4n) is 1.20. The van der Waals surface area contributed by atoms with Crippen LogP contribution in [0, 0.1) is 0 Å². The zero-order chi connectivity index (χ0) is 10.6. The molecule has 14 heavy (non-hydrogen) atoms. The third-order valence-corrected chi connectivity index (χ3v) is 2.09. The van der Waals surface area contributed by atoms with Crippen LogP contribution < -0.4 is 5.32 Å². The molecule has 0 unspecified atom stereocenters. The Bertz CT molecular complexity index is 304. The zero-order valence-electron chi connectivity index (χ0n) is 8.45. The first-order valence-corrected chi connectivity index (χ1v) is 4.65. The van der Waals surface area contributed by atoms with Gasteiger partial charge in [0.15, 0.2) is 0 Å². The lowest BCUT2D eigenvalue weighted by Gasteiger charge is -2.06. The molecule has 2 N–H and O–H groups in total. The standard InChI is InChI=1S/C11H15NO2/c1-8(2)10-5-3-9(4-6-10)7-12-11(13)14/h3-6,8,12H,7H2,1-2H3,(H,13,14). The SMILES string of the molecule is CC(C)c1ccc(CNC(=O)O)cc1. The zero-order valence-corrected chi connectivity index (χ0v) is 8.45. The lowest BCUT2D eigenvalue weighted by Crippen LogP contribution is -2.19. The Balaban J connectivity index is 2.59. The lowest BCUT2D eigenvalue weighted by molar-refractivity contribution is 0.194. The van der Waals surface area contributed by atoms with Crippen molar-refractivity contribution in [3.63, 3.8) is 0 Å². The van der Waals surface area contributed by atoms with Crippen molar-refractivity contribution in [3.8, 4) is 0 Å². The van der Waals surface area contributed by atoms with Crippen molar-refractivity contribution < 1.29 is 9.90 Å².